The Morgan fingerprint density at radius 1 is 1.23 bits per heavy atom. The number of rotatable bonds is 9. The Kier molecular flexibility index (Phi) is 8.39. The molecule has 0 radical (unpaired) electrons. The molecular weight excluding hydrogens is 468 g/mol. The van der Waals surface area contributed by atoms with E-state index in [0.29, 0.717) is 37.0 Å². The number of nitrogens with zero attached hydrogens (tertiary/aromatic N) is 1. The summed E-state index contributed by atoms with van der Waals surface area (Å²) in [7, 11) is 0. The van der Waals surface area contributed by atoms with Gasteiger partial charge in [0.2, 0.25) is 11.8 Å². The molecule has 9 heteroatoms. The molecule has 2 amide bonds. The summed E-state index contributed by atoms with van der Waals surface area (Å²) in [6, 6.07) is 12.5. The van der Waals surface area contributed by atoms with Crippen molar-refractivity contribution in [2.45, 2.75) is 32.2 Å². The van der Waals surface area contributed by atoms with Gasteiger partial charge in [0, 0.05) is 49.0 Å². The Bertz CT molecular complexity index is 1150. The average molecular weight is 497 g/mol. The van der Waals surface area contributed by atoms with E-state index >= 15 is 0 Å². The average Bonchev–Trinajstić information content (AvgIpc) is 3.39. The van der Waals surface area contributed by atoms with E-state index in [0.717, 1.165) is 35.4 Å². The van der Waals surface area contributed by atoms with E-state index < -0.39 is 6.04 Å². The minimum atomic E-state index is -0.613. The van der Waals surface area contributed by atoms with Crippen LogP contribution in [0.1, 0.15) is 25.3 Å². The third kappa shape index (κ3) is 6.61. The fraction of sp³-hybridized carbons (Fsp3) is 0.346. The number of para-hydroxylation sites is 1. The lowest BCUT2D eigenvalue weighted by Crippen LogP contribution is -2.49. The van der Waals surface area contributed by atoms with E-state index in [1.807, 2.05) is 42.6 Å². The summed E-state index contributed by atoms with van der Waals surface area (Å²) in [5, 5.41) is 6.23. The number of aromatic nitrogens is 2. The van der Waals surface area contributed by atoms with E-state index in [1.54, 1.807) is 12.4 Å². The summed E-state index contributed by atoms with van der Waals surface area (Å²) in [6.07, 6.45) is 5.50. The molecule has 2 aromatic carbocycles. The monoisotopic (exact) mass is 496 g/mol. The van der Waals surface area contributed by atoms with Crippen LogP contribution in [0.5, 0.6) is 5.75 Å². The van der Waals surface area contributed by atoms with Crippen LogP contribution in [-0.4, -0.2) is 47.6 Å². The highest BCUT2D eigenvalue weighted by molar-refractivity contribution is 6.31. The molecule has 4 rings (SSSR count). The fourth-order valence-corrected chi connectivity index (χ4v) is 4.47. The maximum atomic E-state index is 13.0. The number of hydrogen-bond donors (Lipinski definition) is 3. The van der Waals surface area contributed by atoms with Crippen LogP contribution >= 0.6 is 11.6 Å². The van der Waals surface area contributed by atoms with Crippen LogP contribution in [-0.2, 0) is 20.7 Å². The van der Waals surface area contributed by atoms with Gasteiger partial charge in [-0.1, -0.05) is 29.8 Å². The van der Waals surface area contributed by atoms with Crippen LogP contribution in [0.2, 0.25) is 5.02 Å². The summed E-state index contributed by atoms with van der Waals surface area (Å²) in [5.41, 5.74) is 3.22. The summed E-state index contributed by atoms with van der Waals surface area (Å²) in [4.78, 5) is 31.9. The van der Waals surface area contributed by atoms with Crippen LogP contribution in [0, 0.1) is 5.92 Å². The van der Waals surface area contributed by atoms with Crippen molar-refractivity contribution in [1.82, 2.24) is 15.3 Å². The Hall–Kier alpha value is -3.36. The number of amides is 2. The second-order valence-electron chi connectivity index (χ2n) is 8.47. The van der Waals surface area contributed by atoms with E-state index in [1.165, 1.54) is 6.92 Å². The number of benzene rings is 2. The molecule has 0 spiro atoms. The molecule has 8 nitrogen and oxygen atoms in total. The molecule has 1 aliphatic heterocycles. The number of anilines is 1. The predicted octanol–water partition coefficient (Wildman–Crippen LogP) is 4.22. The Balaban J connectivity index is 1.36. The molecule has 3 aromatic rings. The Labute approximate surface area is 209 Å². The highest BCUT2D eigenvalue weighted by atomic mass is 35.5. The number of imidazole rings is 1. The first-order chi connectivity index (χ1) is 17.0. The lowest BCUT2D eigenvalue weighted by atomic mass is 9.91. The molecule has 0 saturated carbocycles. The standard InChI is InChI=1S/C26H29ClN4O4/c1-17(32)30-25(19-8-11-34-12-9-19)26(33)31-20-7-6-18(22(27)14-20)10-13-35-24-5-3-2-4-21(24)23-15-28-16-29-23/h2-7,14-16,19,25H,8-13H2,1H3,(H,28,29)(H,30,32)(H,31,33). The van der Waals surface area contributed by atoms with E-state index in [2.05, 4.69) is 20.6 Å². The molecule has 1 aromatic heterocycles. The number of H-pyrrole nitrogens is 1. The van der Waals surface area contributed by atoms with E-state index in [4.69, 9.17) is 21.1 Å². The maximum Gasteiger partial charge on any atom is 0.247 e. The molecule has 1 saturated heterocycles. The largest absolute Gasteiger partial charge is 0.493 e. The van der Waals surface area contributed by atoms with Crippen molar-refractivity contribution in [2.75, 3.05) is 25.1 Å². The fourth-order valence-electron chi connectivity index (χ4n) is 4.20. The number of carbonyl (C=O) groups excluding carboxylic acids is 2. The highest BCUT2D eigenvalue weighted by Gasteiger charge is 2.30. The lowest BCUT2D eigenvalue weighted by molar-refractivity contribution is -0.127. The van der Waals surface area contributed by atoms with Gasteiger partial charge < -0.3 is 25.1 Å². The molecule has 1 unspecified atom stereocenters. The molecule has 3 N–H and O–H groups in total. The quantitative estimate of drug-likeness (QED) is 0.411. The van der Waals surface area contributed by atoms with Gasteiger partial charge in [0.15, 0.2) is 0 Å². The van der Waals surface area contributed by atoms with Gasteiger partial charge in [0.05, 0.1) is 18.6 Å². The van der Waals surface area contributed by atoms with Crippen LogP contribution in [0.4, 0.5) is 5.69 Å². The number of aromatic amines is 1. The van der Waals surface area contributed by atoms with E-state index in [-0.39, 0.29) is 17.7 Å². The topological polar surface area (TPSA) is 105 Å². The number of halogens is 1. The van der Waals surface area contributed by atoms with E-state index in [9.17, 15) is 9.59 Å². The van der Waals surface area contributed by atoms with Crippen molar-refractivity contribution in [2.24, 2.45) is 5.92 Å². The summed E-state index contributed by atoms with van der Waals surface area (Å²) in [5.74, 6) is 0.286. The predicted molar refractivity (Wildman–Crippen MR) is 134 cm³/mol. The molecule has 0 aliphatic carbocycles. The smallest absolute Gasteiger partial charge is 0.247 e. The van der Waals surface area contributed by atoms with Crippen molar-refractivity contribution in [1.29, 1.82) is 0 Å². The van der Waals surface area contributed by atoms with Crippen LogP contribution in [0.3, 0.4) is 0 Å². The number of nitrogens with one attached hydrogen (secondary N) is 3. The first-order valence-corrected chi connectivity index (χ1v) is 12.0. The molecular formula is C26H29ClN4O4. The van der Waals surface area contributed by atoms with Gasteiger partial charge in [0.1, 0.15) is 11.8 Å². The Morgan fingerprint density at radius 3 is 2.74 bits per heavy atom. The summed E-state index contributed by atoms with van der Waals surface area (Å²) >= 11 is 6.51. The van der Waals surface area contributed by atoms with Gasteiger partial charge in [-0.3, -0.25) is 9.59 Å². The van der Waals surface area contributed by atoms with Gasteiger partial charge in [0.25, 0.3) is 0 Å². The lowest BCUT2D eigenvalue weighted by Gasteiger charge is -2.29. The highest BCUT2D eigenvalue weighted by Crippen LogP contribution is 2.29. The van der Waals surface area contributed by atoms with Crippen LogP contribution < -0.4 is 15.4 Å². The van der Waals surface area contributed by atoms with Gasteiger partial charge in [-0.05, 0) is 48.6 Å². The molecule has 1 aliphatic rings. The zero-order chi connectivity index (χ0) is 24.6. The third-order valence-electron chi connectivity index (χ3n) is 5.99. The maximum absolute atomic E-state index is 13.0. The SMILES string of the molecule is CC(=O)NC(C(=O)Nc1ccc(CCOc2ccccc2-c2c[nH]cn2)c(Cl)c1)C1CCOCC1. The molecule has 35 heavy (non-hydrogen) atoms. The third-order valence-corrected chi connectivity index (χ3v) is 6.34. The summed E-state index contributed by atoms with van der Waals surface area (Å²) in [6.45, 7) is 3.02. The van der Waals surface area contributed by atoms with Crippen molar-refractivity contribution in [3.63, 3.8) is 0 Å². The molecule has 184 valence electrons. The van der Waals surface area contributed by atoms with Gasteiger partial charge in [-0.25, -0.2) is 4.98 Å². The molecule has 1 fully saturated rings. The first-order valence-electron chi connectivity index (χ1n) is 11.7. The second-order valence-corrected chi connectivity index (χ2v) is 8.88. The van der Waals surface area contributed by atoms with Gasteiger partial charge in [-0.2, -0.15) is 0 Å². The second kappa shape index (κ2) is 11.9. The summed E-state index contributed by atoms with van der Waals surface area (Å²) < 4.78 is 11.4. The van der Waals surface area contributed by atoms with Crippen molar-refractivity contribution < 1.29 is 19.1 Å². The van der Waals surface area contributed by atoms with Crippen LogP contribution in [0.25, 0.3) is 11.3 Å². The van der Waals surface area contributed by atoms with Crippen molar-refractivity contribution in [3.05, 3.63) is 65.6 Å². The zero-order valence-electron chi connectivity index (χ0n) is 19.6. The van der Waals surface area contributed by atoms with Gasteiger partial charge >= 0.3 is 0 Å². The Morgan fingerprint density at radius 2 is 2.03 bits per heavy atom. The minimum Gasteiger partial charge on any atom is -0.493 e. The molecule has 1 atom stereocenters. The van der Waals surface area contributed by atoms with Crippen molar-refractivity contribution in [3.8, 4) is 17.0 Å². The minimum absolute atomic E-state index is 0.0314. The molecule has 2 heterocycles. The number of hydrogen-bond acceptors (Lipinski definition) is 5. The van der Waals surface area contributed by atoms with Crippen LogP contribution in [0.15, 0.2) is 55.0 Å². The zero-order valence-corrected chi connectivity index (χ0v) is 20.3. The normalized spacial score (nSPS) is 14.8. The number of carbonyl (C=O) groups is 2. The van der Waals surface area contributed by atoms with Crippen molar-refractivity contribution >= 4 is 29.1 Å². The number of ether oxygens (including phenoxy) is 2. The molecule has 0 bridgehead atoms. The van der Waals surface area contributed by atoms with Gasteiger partial charge in [-0.15, -0.1) is 0 Å². The first kappa shape index (κ1) is 24.8.